The molecular weight excluding hydrogens is 344 g/mol. The van der Waals surface area contributed by atoms with E-state index in [9.17, 15) is 9.00 Å². The van der Waals surface area contributed by atoms with Gasteiger partial charge in [-0.25, -0.2) is 9.69 Å². The van der Waals surface area contributed by atoms with Gasteiger partial charge in [-0.2, -0.15) is 0 Å². The number of anilines is 1. The number of hydrogen-bond acceptors (Lipinski definition) is 5. The highest BCUT2D eigenvalue weighted by molar-refractivity contribution is 7.78. The van der Waals surface area contributed by atoms with E-state index in [1.807, 2.05) is 24.3 Å². The summed E-state index contributed by atoms with van der Waals surface area (Å²) >= 11 is -1.88. The molecule has 7 nitrogen and oxygen atoms in total. The van der Waals surface area contributed by atoms with Crippen LogP contribution in [-0.2, 0) is 23.4 Å². The lowest BCUT2D eigenvalue weighted by molar-refractivity contribution is 0.0706. The Bertz CT molecular complexity index is 811. The molecule has 0 aromatic heterocycles. The zero-order chi connectivity index (χ0) is 17.8. The molecule has 25 heavy (non-hydrogen) atoms. The van der Waals surface area contributed by atoms with E-state index in [4.69, 9.17) is 14.5 Å². The van der Waals surface area contributed by atoms with Gasteiger partial charge in [-0.15, -0.1) is 0 Å². The highest BCUT2D eigenvalue weighted by Crippen LogP contribution is 2.33. The highest BCUT2D eigenvalue weighted by Gasteiger charge is 2.20. The number of fused-ring (bicyclic) bond motifs is 1. The molecule has 1 aliphatic rings. The quantitative estimate of drug-likeness (QED) is 0.427. The molecule has 8 heteroatoms. The molecule has 0 bridgehead atoms. The first kappa shape index (κ1) is 17.4. The van der Waals surface area contributed by atoms with Crippen LogP contribution in [0, 0.1) is 0 Å². The maximum absolute atomic E-state index is 11.6. The van der Waals surface area contributed by atoms with Crippen molar-refractivity contribution in [3.05, 3.63) is 59.2 Å². The number of hydrogen-bond donors (Lipinski definition) is 3. The number of rotatable bonds is 5. The summed E-state index contributed by atoms with van der Waals surface area (Å²) in [5.41, 5.74) is 4.51. The number of benzene rings is 2. The smallest absolute Gasteiger partial charge is 0.274 e. The predicted molar refractivity (Wildman–Crippen MR) is 93.2 cm³/mol. The Hall–Kier alpha value is -2.42. The van der Waals surface area contributed by atoms with Crippen LogP contribution in [0.5, 0.6) is 5.75 Å². The van der Waals surface area contributed by atoms with Gasteiger partial charge in [0.2, 0.25) is 0 Å². The van der Waals surface area contributed by atoms with E-state index in [1.54, 1.807) is 23.7 Å². The van der Waals surface area contributed by atoms with Crippen molar-refractivity contribution in [1.29, 1.82) is 0 Å². The number of nitrogens with one attached hydrogen (secondary N) is 1. The molecule has 132 valence electrons. The van der Waals surface area contributed by atoms with Crippen LogP contribution < -0.4 is 15.1 Å². The first-order chi connectivity index (χ1) is 12.1. The fraction of sp³-hybridized carbons (Fsp3) is 0.235. The summed E-state index contributed by atoms with van der Waals surface area (Å²) in [6.07, 6.45) is 0. The largest absolute Gasteiger partial charge is 0.490 e. The van der Waals surface area contributed by atoms with Crippen molar-refractivity contribution < 1.29 is 23.5 Å². The summed E-state index contributed by atoms with van der Waals surface area (Å²) in [5.74, 6) is 0.183. The summed E-state index contributed by atoms with van der Waals surface area (Å²) in [6.45, 7) is 1.75. The minimum absolute atomic E-state index is 0.0916. The van der Waals surface area contributed by atoms with Crippen LogP contribution in [0.2, 0.25) is 0 Å². The van der Waals surface area contributed by atoms with Crippen molar-refractivity contribution in [3.63, 3.8) is 0 Å². The first-order valence-corrected chi connectivity index (χ1v) is 8.96. The molecule has 0 aliphatic carbocycles. The molecule has 2 aromatic carbocycles. The Morgan fingerprint density at radius 3 is 2.80 bits per heavy atom. The van der Waals surface area contributed by atoms with Gasteiger partial charge in [0.15, 0.2) is 11.1 Å². The van der Waals surface area contributed by atoms with Gasteiger partial charge in [0.25, 0.3) is 5.91 Å². The highest BCUT2D eigenvalue weighted by atomic mass is 32.2. The molecule has 1 aliphatic heterocycles. The maximum atomic E-state index is 11.6. The first-order valence-electron chi connectivity index (χ1n) is 7.68. The predicted octanol–water partition coefficient (Wildman–Crippen LogP) is 1.93. The maximum Gasteiger partial charge on any atom is 0.274 e. The van der Waals surface area contributed by atoms with Crippen LogP contribution in [0.1, 0.15) is 21.5 Å². The molecule has 3 N–H and O–H groups in total. The molecule has 0 saturated heterocycles. The second-order valence-electron chi connectivity index (χ2n) is 5.68. The van der Waals surface area contributed by atoms with E-state index in [0.29, 0.717) is 31.0 Å². The van der Waals surface area contributed by atoms with Gasteiger partial charge in [0, 0.05) is 12.1 Å². The monoisotopic (exact) mass is 362 g/mol. The average Bonchev–Trinajstić information content (AvgIpc) is 2.61. The molecule has 1 atom stereocenters. The van der Waals surface area contributed by atoms with E-state index in [2.05, 4.69) is 4.90 Å². The van der Waals surface area contributed by atoms with Gasteiger partial charge in [0.1, 0.15) is 12.4 Å². The van der Waals surface area contributed by atoms with Gasteiger partial charge in [0.05, 0.1) is 18.0 Å². The molecule has 1 heterocycles. The zero-order valence-corrected chi connectivity index (χ0v) is 14.2. The summed E-state index contributed by atoms with van der Waals surface area (Å²) in [4.78, 5) is 13.7. The Morgan fingerprint density at radius 1 is 1.24 bits per heavy atom. The summed E-state index contributed by atoms with van der Waals surface area (Å²) in [5, 5.41) is 8.81. The molecule has 1 amide bonds. The average molecular weight is 362 g/mol. The third-order valence-corrected chi connectivity index (χ3v) is 4.52. The Kier molecular flexibility index (Phi) is 5.32. The van der Waals surface area contributed by atoms with E-state index in [1.165, 1.54) is 0 Å². The minimum Gasteiger partial charge on any atom is -0.490 e. The van der Waals surface area contributed by atoms with Gasteiger partial charge in [-0.3, -0.25) is 10.0 Å². The number of nitrogens with zero attached hydrogens (tertiary/aromatic N) is 1. The van der Waals surface area contributed by atoms with Crippen LogP contribution in [-0.4, -0.2) is 33.0 Å². The molecule has 0 fully saturated rings. The molecule has 0 saturated carbocycles. The van der Waals surface area contributed by atoms with Crippen molar-refractivity contribution in [2.24, 2.45) is 0 Å². The summed E-state index contributed by atoms with van der Waals surface area (Å²) in [7, 11) is 0. The third-order valence-electron chi connectivity index (χ3n) is 3.94. The van der Waals surface area contributed by atoms with Gasteiger partial charge in [-0.1, -0.05) is 24.3 Å². The Morgan fingerprint density at radius 2 is 2.04 bits per heavy atom. The normalized spacial score (nSPS) is 14.4. The van der Waals surface area contributed by atoms with E-state index >= 15 is 0 Å². The standard InChI is InChI=1S/C17H18N2O5S/c20-17(18-21)14-4-5-16-15(9-14)19(6-7-24-16)10-12-2-1-3-13(8-12)11-25(22)23/h1-5,8-9,21H,6-7,10-11H2,(H,18,20)(H,22,23). The molecule has 0 radical (unpaired) electrons. The minimum atomic E-state index is -1.88. The Labute approximate surface area is 147 Å². The van der Waals surface area contributed by atoms with Crippen LogP contribution in [0.15, 0.2) is 42.5 Å². The van der Waals surface area contributed by atoms with Crippen molar-refractivity contribution in [3.8, 4) is 5.75 Å². The van der Waals surface area contributed by atoms with Crippen molar-refractivity contribution in [2.75, 3.05) is 18.1 Å². The molecule has 0 spiro atoms. The number of ether oxygens (including phenoxy) is 1. The topological polar surface area (TPSA) is 99.1 Å². The number of hydroxylamine groups is 1. The lowest BCUT2D eigenvalue weighted by Crippen LogP contribution is -2.32. The fourth-order valence-electron chi connectivity index (χ4n) is 2.82. The van der Waals surface area contributed by atoms with Crippen LogP contribution in [0.3, 0.4) is 0 Å². The SMILES string of the molecule is O=C(NO)c1ccc2c(c1)N(Cc1cccc(CS(=O)O)c1)CCO2. The second kappa shape index (κ2) is 7.64. The zero-order valence-electron chi connectivity index (χ0n) is 13.3. The van der Waals surface area contributed by atoms with E-state index in [-0.39, 0.29) is 5.75 Å². The lowest BCUT2D eigenvalue weighted by Gasteiger charge is -2.31. The third kappa shape index (κ3) is 4.16. The fourth-order valence-corrected chi connectivity index (χ4v) is 3.29. The lowest BCUT2D eigenvalue weighted by atomic mass is 10.1. The van der Waals surface area contributed by atoms with Gasteiger partial charge >= 0.3 is 0 Å². The van der Waals surface area contributed by atoms with Crippen molar-refractivity contribution in [2.45, 2.75) is 12.3 Å². The van der Waals surface area contributed by atoms with Crippen LogP contribution in [0.25, 0.3) is 0 Å². The van der Waals surface area contributed by atoms with E-state index < -0.39 is 17.0 Å². The van der Waals surface area contributed by atoms with Crippen molar-refractivity contribution >= 4 is 22.7 Å². The summed E-state index contributed by atoms with van der Waals surface area (Å²) < 4.78 is 25.7. The van der Waals surface area contributed by atoms with Crippen molar-refractivity contribution in [1.82, 2.24) is 5.48 Å². The van der Waals surface area contributed by atoms with Gasteiger partial charge < -0.3 is 14.2 Å². The van der Waals surface area contributed by atoms with E-state index in [0.717, 1.165) is 16.8 Å². The molecular formula is C17H18N2O5S. The second-order valence-corrected chi connectivity index (χ2v) is 6.61. The number of amides is 1. The Balaban J connectivity index is 1.85. The van der Waals surface area contributed by atoms with Crippen LogP contribution >= 0.6 is 0 Å². The molecule has 3 rings (SSSR count). The van der Waals surface area contributed by atoms with Gasteiger partial charge in [-0.05, 0) is 29.3 Å². The number of carbonyl (C=O) groups excluding carboxylic acids is 1. The number of carbonyl (C=O) groups is 1. The molecule has 1 unspecified atom stereocenters. The van der Waals surface area contributed by atoms with Crippen LogP contribution in [0.4, 0.5) is 5.69 Å². The summed E-state index contributed by atoms with van der Waals surface area (Å²) in [6, 6.07) is 12.5. The molecule has 2 aromatic rings.